The molecule has 9 heteroatoms. The van der Waals surface area contributed by atoms with Crippen molar-refractivity contribution >= 4 is 40.8 Å². The number of piperidine rings is 1. The molecule has 0 bridgehead atoms. The van der Waals surface area contributed by atoms with Crippen molar-refractivity contribution in [2.75, 3.05) is 36.1 Å². The van der Waals surface area contributed by atoms with Crippen LogP contribution < -0.4 is 16.4 Å². The van der Waals surface area contributed by atoms with Crippen molar-refractivity contribution in [1.29, 1.82) is 0 Å². The Morgan fingerprint density at radius 2 is 2.07 bits per heavy atom. The molecule has 29 heavy (non-hydrogen) atoms. The minimum Gasteiger partial charge on any atom is -0.382 e. The topological polar surface area (TPSA) is 103 Å². The molecule has 7 nitrogen and oxygen atoms in total. The Balaban J connectivity index is 1.43. The molecule has 2 aliphatic heterocycles. The van der Waals surface area contributed by atoms with Gasteiger partial charge in [0.15, 0.2) is 5.82 Å². The summed E-state index contributed by atoms with van der Waals surface area (Å²) in [5, 5.41) is 0.999. The van der Waals surface area contributed by atoms with Crippen molar-refractivity contribution in [3.63, 3.8) is 0 Å². The van der Waals surface area contributed by atoms with Gasteiger partial charge in [0, 0.05) is 24.2 Å². The molecule has 4 N–H and O–H groups in total. The van der Waals surface area contributed by atoms with Gasteiger partial charge in [0.25, 0.3) is 0 Å². The maximum atomic E-state index is 6.22. The molecule has 2 aromatic rings. The van der Waals surface area contributed by atoms with Gasteiger partial charge in [-0.3, -0.25) is 0 Å². The fourth-order valence-electron chi connectivity index (χ4n) is 3.90. The summed E-state index contributed by atoms with van der Waals surface area (Å²) >= 11 is 7.55. The molecule has 154 valence electrons. The average Bonchev–Trinajstić information content (AvgIpc) is 3.11. The fraction of sp³-hybridized carbons (Fsp3) is 0.450. The van der Waals surface area contributed by atoms with Crippen LogP contribution in [0.4, 0.5) is 17.5 Å². The van der Waals surface area contributed by atoms with Crippen LogP contribution in [0.15, 0.2) is 40.5 Å². The molecule has 0 unspecified atom stereocenters. The molecule has 0 radical (unpaired) electrons. The first-order valence-corrected chi connectivity index (χ1v) is 10.8. The van der Waals surface area contributed by atoms with Crippen LogP contribution in [0.3, 0.4) is 0 Å². The Morgan fingerprint density at radius 3 is 2.72 bits per heavy atom. The predicted octanol–water partition coefficient (Wildman–Crippen LogP) is 3.79. The van der Waals surface area contributed by atoms with Crippen molar-refractivity contribution < 1.29 is 4.74 Å². The molecule has 2 aliphatic rings. The largest absolute Gasteiger partial charge is 0.382 e. The summed E-state index contributed by atoms with van der Waals surface area (Å²) < 4.78 is 5.97. The Hall–Kier alpha value is -2.03. The quantitative estimate of drug-likeness (QED) is 0.703. The fourth-order valence-corrected chi connectivity index (χ4v) is 4.92. The molecule has 1 spiro atoms. The number of hydrogen-bond acceptors (Lipinski definition) is 8. The Labute approximate surface area is 179 Å². The van der Waals surface area contributed by atoms with Gasteiger partial charge in [-0.25, -0.2) is 15.0 Å². The third kappa shape index (κ3) is 4.15. The van der Waals surface area contributed by atoms with E-state index in [4.69, 9.17) is 27.8 Å². The summed E-state index contributed by atoms with van der Waals surface area (Å²) in [4.78, 5) is 16.1. The van der Waals surface area contributed by atoms with E-state index in [2.05, 4.69) is 26.4 Å². The molecule has 0 saturated carbocycles. The van der Waals surface area contributed by atoms with Crippen LogP contribution in [0.1, 0.15) is 26.2 Å². The van der Waals surface area contributed by atoms with Crippen LogP contribution in [-0.2, 0) is 4.74 Å². The zero-order chi connectivity index (χ0) is 20.6. The summed E-state index contributed by atoms with van der Waals surface area (Å²) in [6.45, 7) is 8.74. The van der Waals surface area contributed by atoms with Gasteiger partial charge in [0.2, 0.25) is 0 Å². The van der Waals surface area contributed by atoms with Crippen molar-refractivity contribution in [3.05, 3.63) is 35.6 Å². The second-order valence-electron chi connectivity index (χ2n) is 7.87. The lowest BCUT2D eigenvalue weighted by Crippen LogP contribution is -2.41. The van der Waals surface area contributed by atoms with E-state index in [9.17, 15) is 0 Å². The van der Waals surface area contributed by atoms with Crippen molar-refractivity contribution in [2.24, 2.45) is 5.41 Å². The molecule has 0 aliphatic carbocycles. The van der Waals surface area contributed by atoms with Crippen LogP contribution in [0, 0.1) is 5.41 Å². The predicted molar refractivity (Wildman–Crippen MR) is 117 cm³/mol. The Bertz CT molecular complexity index is 931. The minimum atomic E-state index is 0.197. The molecule has 2 saturated heterocycles. The first-order chi connectivity index (χ1) is 13.9. The highest BCUT2D eigenvalue weighted by Crippen LogP contribution is 2.44. The van der Waals surface area contributed by atoms with Crippen LogP contribution in [-0.4, -0.2) is 40.8 Å². The third-order valence-electron chi connectivity index (χ3n) is 5.75. The lowest BCUT2D eigenvalue weighted by molar-refractivity contribution is 0.105. The number of halogens is 1. The van der Waals surface area contributed by atoms with Gasteiger partial charge in [-0.15, -0.1) is 0 Å². The summed E-state index contributed by atoms with van der Waals surface area (Å²) in [6, 6.07) is 1.78. The van der Waals surface area contributed by atoms with Gasteiger partial charge in [-0.2, -0.15) is 0 Å². The number of ether oxygens (including phenoxy) is 1. The summed E-state index contributed by atoms with van der Waals surface area (Å²) in [5.74, 6) is 1.47. The van der Waals surface area contributed by atoms with Gasteiger partial charge >= 0.3 is 0 Å². The first kappa shape index (κ1) is 20.3. The number of nitrogens with zero attached hydrogens (tertiary/aromatic N) is 4. The molecular weight excluding hydrogens is 408 g/mol. The van der Waals surface area contributed by atoms with Crippen LogP contribution in [0.2, 0.25) is 5.02 Å². The first-order valence-electron chi connectivity index (χ1n) is 9.59. The molecule has 0 aromatic carbocycles. The van der Waals surface area contributed by atoms with Gasteiger partial charge in [-0.1, -0.05) is 35.5 Å². The van der Waals surface area contributed by atoms with E-state index in [-0.39, 0.29) is 17.3 Å². The van der Waals surface area contributed by atoms with E-state index in [0.29, 0.717) is 15.9 Å². The molecule has 2 aromatic heterocycles. The average molecular weight is 433 g/mol. The van der Waals surface area contributed by atoms with E-state index >= 15 is 0 Å². The summed E-state index contributed by atoms with van der Waals surface area (Å²) in [5.41, 5.74) is 13.3. The second kappa shape index (κ2) is 8.01. The van der Waals surface area contributed by atoms with Crippen LogP contribution in [0.5, 0.6) is 0 Å². The van der Waals surface area contributed by atoms with Crippen molar-refractivity contribution in [2.45, 2.75) is 42.2 Å². The zero-order valence-corrected chi connectivity index (χ0v) is 18.0. The van der Waals surface area contributed by atoms with Crippen LogP contribution in [0.25, 0.3) is 0 Å². The zero-order valence-electron chi connectivity index (χ0n) is 16.4. The van der Waals surface area contributed by atoms with Crippen molar-refractivity contribution in [1.82, 2.24) is 15.0 Å². The van der Waals surface area contributed by atoms with E-state index in [0.717, 1.165) is 55.2 Å². The monoisotopic (exact) mass is 432 g/mol. The highest BCUT2D eigenvalue weighted by molar-refractivity contribution is 7.99. The van der Waals surface area contributed by atoms with E-state index in [1.165, 1.54) is 11.8 Å². The lowest BCUT2D eigenvalue weighted by atomic mass is 9.76. The van der Waals surface area contributed by atoms with E-state index in [1.54, 1.807) is 18.5 Å². The van der Waals surface area contributed by atoms with Crippen molar-refractivity contribution in [3.8, 4) is 0 Å². The minimum absolute atomic E-state index is 0.197. The van der Waals surface area contributed by atoms with Crippen LogP contribution >= 0.6 is 23.4 Å². The number of aromatic nitrogens is 3. The third-order valence-corrected chi connectivity index (χ3v) is 7.32. The maximum Gasteiger partial charge on any atom is 0.158 e. The van der Waals surface area contributed by atoms with Gasteiger partial charge in [-0.05, 0) is 37.7 Å². The summed E-state index contributed by atoms with van der Waals surface area (Å²) in [7, 11) is 0. The number of hydrogen-bond donors (Lipinski definition) is 2. The molecule has 2 fully saturated rings. The van der Waals surface area contributed by atoms with Gasteiger partial charge in [0.1, 0.15) is 16.7 Å². The Morgan fingerprint density at radius 1 is 1.31 bits per heavy atom. The summed E-state index contributed by atoms with van der Waals surface area (Å²) in [6.07, 6.45) is 6.78. The standard InChI is InChI=1S/C20H25ClN6OS/c1-12(2)13-9-20(11-28-13)4-7-27(8-5-20)15-10-25-19(18(23)26-15)29-14-3-6-24-17(22)16(14)21/h3,6,10,13H,1,4-5,7-9,11H2,2H3,(H2,22,24)(H2,23,26)/t13-/m1/s1. The maximum absolute atomic E-state index is 6.22. The SMILES string of the molecule is C=C(C)[C@H]1CC2(CCN(c3cnc(Sc4ccnc(N)c4Cl)c(N)n3)CC2)CO1. The van der Waals surface area contributed by atoms with E-state index in [1.807, 2.05) is 6.92 Å². The molecule has 4 rings (SSSR count). The number of anilines is 3. The lowest BCUT2D eigenvalue weighted by Gasteiger charge is -2.39. The highest BCUT2D eigenvalue weighted by atomic mass is 35.5. The highest BCUT2D eigenvalue weighted by Gasteiger charge is 2.42. The second-order valence-corrected chi connectivity index (χ2v) is 9.27. The number of nitrogen functional groups attached to an aromatic ring is 2. The van der Waals surface area contributed by atoms with Gasteiger partial charge < -0.3 is 21.1 Å². The molecule has 4 heterocycles. The number of pyridine rings is 1. The molecular formula is C20H25ClN6OS. The van der Waals surface area contributed by atoms with Gasteiger partial charge in [0.05, 0.1) is 23.9 Å². The normalized spacial score (nSPS) is 20.9. The van der Waals surface area contributed by atoms with E-state index < -0.39 is 0 Å². The smallest absolute Gasteiger partial charge is 0.158 e. The molecule has 0 amide bonds. The number of rotatable bonds is 4. The number of nitrogens with two attached hydrogens (primary N) is 2. The Kier molecular flexibility index (Phi) is 5.59. The molecule has 1 atom stereocenters.